The smallest absolute Gasteiger partial charge is 0.160 e. The summed E-state index contributed by atoms with van der Waals surface area (Å²) in [5.41, 5.74) is 14.9. The molecule has 2 heteroatoms. The largest absolute Gasteiger partial charge is 0.233 e. The first-order valence-electron chi connectivity index (χ1n) is 13.1. The van der Waals surface area contributed by atoms with Crippen LogP contribution >= 0.6 is 0 Å². The first kappa shape index (κ1) is 22.2. The minimum Gasteiger partial charge on any atom is -0.233 e. The molecule has 0 saturated carbocycles. The monoisotopic (exact) mass is 478 g/mol. The van der Waals surface area contributed by atoms with E-state index in [0.717, 1.165) is 28.3 Å². The summed E-state index contributed by atoms with van der Waals surface area (Å²) in [7, 11) is 0. The Labute approximate surface area is 219 Å². The molecule has 180 valence electrons. The van der Waals surface area contributed by atoms with Gasteiger partial charge in [0.25, 0.3) is 0 Å². The molecule has 0 aliphatic heterocycles. The predicted octanol–water partition coefficient (Wildman–Crippen LogP) is 8.73. The van der Waals surface area contributed by atoms with Crippen LogP contribution in [-0.4, -0.2) is 9.97 Å². The van der Waals surface area contributed by atoms with Crippen molar-refractivity contribution in [1.82, 2.24) is 9.97 Å². The standard InChI is InChI=1S/C35H30N2/c1-21-18-32(22-14-16-26-24-10-6-8-12-28(24)34(2,3)30(26)19-22)37-33(36-21)23-15-17-27-25-11-7-9-13-29(25)35(4,5)31(27)20-23/h6-20H,1-5H3. The van der Waals surface area contributed by atoms with Gasteiger partial charge < -0.3 is 0 Å². The highest BCUT2D eigenvalue weighted by Gasteiger charge is 2.36. The Balaban J connectivity index is 1.33. The van der Waals surface area contributed by atoms with Crippen LogP contribution in [-0.2, 0) is 10.8 Å². The number of fused-ring (bicyclic) bond motifs is 6. The molecule has 0 radical (unpaired) electrons. The molecule has 37 heavy (non-hydrogen) atoms. The molecule has 2 aliphatic carbocycles. The molecule has 0 bridgehead atoms. The van der Waals surface area contributed by atoms with E-state index in [-0.39, 0.29) is 10.8 Å². The number of aryl methyl sites for hydroxylation is 1. The average molecular weight is 479 g/mol. The van der Waals surface area contributed by atoms with Crippen LogP contribution in [0.2, 0.25) is 0 Å². The zero-order chi connectivity index (χ0) is 25.5. The minimum absolute atomic E-state index is 0.0343. The quantitative estimate of drug-likeness (QED) is 0.253. The lowest BCUT2D eigenvalue weighted by atomic mass is 9.82. The van der Waals surface area contributed by atoms with Crippen molar-refractivity contribution in [3.63, 3.8) is 0 Å². The van der Waals surface area contributed by atoms with E-state index in [1.807, 2.05) is 0 Å². The number of benzene rings is 4. The van der Waals surface area contributed by atoms with E-state index in [1.165, 1.54) is 44.5 Å². The highest BCUT2D eigenvalue weighted by atomic mass is 14.9. The van der Waals surface area contributed by atoms with Gasteiger partial charge in [-0.1, -0.05) is 100 Å². The molecular formula is C35H30N2. The molecular weight excluding hydrogens is 448 g/mol. The lowest BCUT2D eigenvalue weighted by Gasteiger charge is -2.22. The molecule has 4 aromatic carbocycles. The Hall–Kier alpha value is -4.04. The molecule has 0 atom stereocenters. The third-order valence-corrected chi connectivity index (χ3v) is 8.58. The Bertz CT molecular complexity index is 1610. The van der Waals surface area contributed by atoms with E-state index in [9.17, 15) is 0 Å². The number of nitrogens with zero attached hydrogens (tertiary/aromatic N) is 2. The van der Waals surface area contributed by atoms with Gasteiger partial charge in [-0.05, 0) is 69.6 Å². The average Bonchev–Trinajstić information content (AvgIpc) is 3.28. The van der Waals surface area contributed by atoms with Crippen LogP contribution in [0.15, 0.2) is 91.0 Å². The zero-order valence-electron chi connectivity index (χ0n) is 22.1. The fourth-order valence-electron chi connectivity index (χ4n) is 6.55. The van der Waals surface area contributed by atoms with Gasteiger partial charge in [0.05, 0.1) is 5.69 Å². The van der Waals surface area contributed by atoms with Crippen molar-refractivity contribution in [2.45, 2.75) is 45.4 Å². The van der Waals surface area contributed by atoms with E-state index in [0.29, 0.717) is 0 Å². The normalized spacial score (nSPS) is 15.6. The molecule has 0 saturated heterocycles. The van der Waals surface area contributed by atoms with Crippen LogP contribution in [0, 0.1) is 6.92 Å². The van der Waals surface area contributed by atoms with Gasteiger partial charge in [0.2, 0.25) is 0 Å². The molecule has 2 nitrogen and oxygen atoms in total. The summed E-state index contributed by atoms with van der Waals surface area (Å²) < 4.78 is 0. The highest BCUT2D eigenvalue weighted by molar-refractivity contribution is 5.84. The van der Waals surface area contributed by atoms with Gasteiger partial charge in [-0.3, -0.25) is 0 Å². The van der Waals surface area contributed by atoms with Crippen LogP contribution in [0.4, 0.5) is 0 Å². The molecule has 0 N–H and O–H groups in total. The molecule has 5 aromatic rings. The Morgan fingerprint density at radius 1 is 0.486 bits per heavy atom. The molecule has 1 heterocycles. The van der Waals surface area contributed by atoms with E-state index in [4.69, 9.17) is 9.97 Å². The van der Waals surface area contributed by atoms with Gasteiger partial charge in [0, 0.05) is 27.7 Å². The fraction of sp³-hybridized carbons (Fsp3) is 0.200. The van der Waals surface area contributed by atoms with E-state index in [2.05, 4.69) is 126 Å². The Morgan fingerprint density at radius 3 is 1.57 bits per heavy atom. The predicted molar refractivity (Wildman–Crippen MR) is 153 cm³/mol. The number of aromatic nitrogens is 2. The van der Waals surface area contributed by atoms with Crippen molar-refractivity contribution in [3.8, 4) is 44.9 Å². The maximum atomic E-state index is 5.11. The maximum Gasteiger partial charge on any atom is 0.160 e. The lowest BCUT2D eigenvalue weighted by Crippen LogP contribution is -2.15. The van der Waals surface area contributed by atoms with Crippen LogP contribution in [0.3, 0.4) is 0 Å². The van der Waals surface area contributed by atoms with Crippen molar-refractivity contribution >= 4 is 0 Å². The summed E-state index contributed by atoms with van der Waals surface area (Å²) in [6, 6.07) is 33.2. The van der Waals surface area contributed by atoms with Crippen molar-refractivity contribution in [2.24, 2.45) is 0 Å². The van der Waals surface area contributed by atoms with Crippen molar-refractivity contribution in [1.29, 1.82) is 0 Å². The Morgan fingerprint density at radius 2 is 0.973 bits per heavy atom. The first-order valence-corrected chi connectivity index (χ1v) is 13.1. The van der Waals surface area contributed by atoms with Crippen LogP contribution in [0.25, 0.3) is 44.9 Å². The van der Waals surface area contributed by atoms with Gasteiger partial charge in [-0.25, -0.2) is 9.97 Å². The van der Waals surface area contributed by atoms with Gasteiger partial charge in [0.15, 0.2) is 5.82 Å². The van der Waals surface area contributed by atoms with Crippen LogP contribution in [0.5, 0.6) is 0 Å². The van der Waals surface area contributed by atoms with Crippen molar-refractivity contribution in [2.75, 3.05) is 0 Å². The Kier molecular flexibility index (Phi) is 4.49. The topological polar surface area (TPSA) is 25.8 Å². The molecule has 0 amide bonds. The molecule has 0 fully saturated rings. The molecule has 2 aliphatic rings. The van der Waals surface area contributed by atoms with Gasteiger partial charge in [-0.2, -0.15) is 0 Å². The van der Waals surface area contributed by atoms with E-state index >= 15 is 0 Å². The van der Waals surface area contributed by atoms with Gasteiger partial charge in [-0.15, -0.1) is 0 Å². The number of hydrogen-bond donors (Lipinski definition) is 0. The summed E-state index contributed by atoms with van der Waals surface area (Å²) in [5, 5.41) is 0. The third-order valence-electron chi connectivity index (χ3n) is 8.58. The van der Waals surface area contributed by atoms with Gasteiger partial charge >= 0.3 is 0 Å². The molecule has 0 unspecified atom stereocenters. The van der Waals surface area contributed by atoms with Gasteiger partial charge in [0.1, 0.15) is 0 Å². The SMILES string of the molecule is Cc1cc(-c2ccc3c(c2)C(C)(C)c2ccccc2-3)nc(-c2ccc3c(c2)C(C)(C)c2ccccc2-3)n1. The summed E-state index contributed by atoms with van der Waals surface area (Å²) >= 11 is 0. The second-order valence-electron chi connectivity index (χ2n) is 11.6. The fourth-order valence-corrected chi connectivity index (χ4v) is 6.55. The maximum absolute atomic E-state index is 5.11. The van der Waals surface area contributed by atoms with Crippen LogP contribution < -0.4 is 0 Å². The summed E-state index contributed by atoms with van der Waals surface area (Å²) in [5.74, 6) is 0.785. The molecule has 1 aromatic heterocycles. The van der Waals surface area contributed by atoms with Crippen LogP contribution in [0.1, 0.15) is 55.6 Å². The summed E-state index contributed by atoms with van der Waals surface area (Å²) in [6.07, 6.45) is 0. The summed E-state index contributed by atoms with van der Waals surface area (Å²) in [4.78, 5) is 9.98. The third kappa shape index (κ3) is 3.12. The number of rotatable bonds is 2. The highest BCUT2D eigenvalue weighted by Crippen LogP contribution is 2.50. The lowest BCUT2D eigenvalue weighted by molar-refractivity contribution is 0.660. The van der Waals surface area contributed by atoms with E-state index < -0.39 is 0 Å². The van der Waals surface area contributed by atoms with Crippen molar-refractivity contribution in [3.05, 3.63) is 119 Å². The number of hydrogen-bond acceptors (Lipinski definition) is 2. The second-order valence-corrected chi connectivity index (χ2v) is 11.6. The minimum atomic E-state index is -0.0465. The molecule has 7 rings (SSSR count). The molecule has 0 spiro atoms. The summed E-state index contributed by atoms with van der Waals surface area (Å²) in [6.45, 7) is 11.3. The first-order chi connectivity index (χ1) is 17.7. The zero-order valence-corrected chi connectivity index (χ0v) is 22.1. The van der Waals surface area contributed by atoms with E-state index in [1.54, 1.807) is 0 Å². The van der Waals surface area contributed by atoms with Crippen molar-refractivity contribution < 1.29 is 0 Å². The second kappa shape index (κ2) is 7.49.